The Morgan fingerprint density at radius 1 is 0.533 bits per heavy atom. The zero-order valence-electron chi connectivity index (χ0n) is 47.6. The van der Waals surface area contributed by atoms with E-state index in [9.17, 15) is 35.1 Å². The molecule has 0 spiro atoms. The number of hydrogen-bond acceptors (Lipinski definition) is 10. The van der Waals surface area contributed by atoms with E-state index in [1.54, 1.807) is 6.08 Å². The molecule has 1 aliphatic heterocycles. The van der Waals surface area contributed by atoms with E-state index in [1.165, 1.54) is 148 Å². The molecule has 0 bridgehead atoms. The van der Waals surface area contributed by atoms with Gasteiger partial charge in [0.1, 0.15) is 24.4 Å². The van der Waals surface area contributed by atoms with Gasteiger partial charge in [0.05, 0.1) is 25.4 Å². The van der Waals surface area contributed by atoms with Crippen LogP contribution in [-0.4, -0.2) is 99.6 Å². The molecule has 0 radical (unpaired) electrons. The molecule has 1 rings (SSSR count). The fourth-order valence-corrected chi connectivity index (χ4v) is 9.09. The number of rotatable bonds is 50. The summed E-state index contributed by atoms with van der Waals surface area (Å²) >= 11 is 0. The lowest BCUT2D eigenvalue weighted by Crippen LogP contribution is -2.61. The fraction of sp³-hybridized carbons (Fsp3) is 0.750. The van der Waals surface area contributed by atoms with E-state index >= 15 is 0 Å². The van der Waals surface area contributed by atoms with Gasteiger partial charge in [0, 0.05) is 6.42 Å². The monoisotopic (exact) mass is 1050 g/mol. The summed E-state index contributed by atoms with van der Waals surface area (Å²) < 4.78 is 17.6. The fourth-order valence-electron chi connectivity index (χ4n) is 9.09. The Hall–Kier alpha value is -3.16. The Morgan fingerprint density at radius 2 is 0.973 bits per heavy atom. The number of aliphatic hydroxyl groups excluding tert-OH is 5. The highest BCUT2D eigenvalue weighted by Crippen LogP contribution is 2.26. The van der Waals surface area contributed by atoms with Crippen LogP contribution in [0.2, 0.25) is 0 Å². The number of carbonyl (C=O) groups excluding carboxylic acids is 2. The molecule has 0 aromatic heterocycles. The molecule has 0 aromatic rings. The SMILES string of the molecule is CC/C=C/C=C/C=C\C=C/C=C/CCC(O)C(=O)NC(COC1OC(CO)C(O)C(O)C1OC(=O)CCCCCCCCCCCCC/C=C/CCCCCCCC)C(O)/C=C/CCCCCCCCCCCCC. The highest BCUT2D eigenvalue weighted by Gasteiger charge is 2.47. The van der Waals surface area contributed by atoms with Crippen molar-refractivity contribution in [3.05, 3.63) is 85.1 Å². The zero-order valence-corrected chi connectivity index (χ0v) is 47.6. The van der Waals surface area contributed by atoms with E-state index in [-0.39, 0.29) is 19.4 Å². The van der Waals surface area contributed by atoms with E-state index in [0.717, 1.165) is 51.4 Å². The van der Waals surface area contributed by atoms with Crippen molar-refractivity contribution >= 4 is 11.9 Å². The first-order chi connectivity index (χ1) is 36.7. The summed E-state index contributed by atoms with van der Waals surface area (Å²) in [5.74, 6) is -1.28. The minimum absolute atomic E-state index is 0.111. The average Bonchev–Trinajstić information content (AvgIpc) is 3.41. The lowest BCUT2D eigenvalue weighted by molar-refractivity contribution is -0.305. The quantitative estimate of drug-likeness (QED) is 0.0149. The predicted octanol–water partition coefficient (Wildman–Crippen LogP) is 14.2. The van der Waals surface area contributed by atoms with Crippen LogP contribution in [0.15, 0.2) is 85.1 Å². The van der Waals surface area contributed by atoms with Gasteiger partial charge in [-0.3, -0.25) is 9.59 Å². The number of hydrogen-bond donors (Lipinski definition) is 6. The lowest BCUT2D eigenvalue weighted by atomic mass is 9.99. The topological polar surface area (TPSA) is 175 Å². The van der Waals surface area contributed by atoms with Crippen molar-refractivity contribution in [1.29, 1.82) is 0 Å². The van der Waals surface area contributed by atoms with Crippen LogP contribution in [-0.2, 0) is 23.8 Å². The van der Waals surface area contributed by atoms with Gasteiger partial charge in [-0.1, -0.05) is 260 Å². The van der Waals surface area contributed by atoms with Crippen molar-refractivity contribution in [2.75, 3.05) is 13.2 Å². The molecule has 0 aliphatic carbocycles. The Bertz CT molecular complexity index is 1540. The average molecular weight is 1050 g/mol. The molecule has 0 aromatic carbocycles. The Morgan fingerprint density at radius 3 is 1.45 bits per heavy atom. The van der Waals surface area contributed by atoms with Gasteiger partial charge in [-0.25, -0.2) is 0 Å². The predicted molar refractivity (Wildman–Crippen MR) is 310 cm³/mol. The van der Waals surface area contributed by atoms with Crippen molar-refractivity contribution in [1.82, 2.24) is 5.32 Å². The van der Waals surface area contributed by atoms with Crippen molar-refractivity contribution in [3.8, 4) is 0 Å². The first-order valence-corrected chi connectivity index (χ1v) is 30.4. The van der Waals surface area contributed by atoms with Crippen molar-refractivity contribution in [2.45, 2.75) is 294 Å². The lowest BCUT2D eigenvalue weighted by Gasteiger charge is -2.41. The van der Waals surface area contributed by atoms with Gasteiger partial charge in [-0.2, -0.15) is 0 Å². The van der Waals surface area contributed by atoms with Gasteiger partial charge in [-0.05, 0) is 64.2 Å². The Labute approximate surface area is 457 Å². The van der Waals surface area contributed by atoms with Gasteiger partial charge in [0.15, 0.2) is 12.4 Å². The van der Waals surface area contributed by atoms with Crippen LogP contribution in [0.5, 0.6) is 0 Å². The third kappa shape index (κ3) is 39.8. The van der Waals surface area contributed by atoms with Crippen molar-refractivity contribution in [3.63, 3.8) is 0 Å². The molecular formula is C64H111NO10. The van der Waals surface area contributed by atoms with Crippen LogP contribution >= 0.6 is 0 Å². The molecule has 432 valence electrons. The molecule has 1 fully saturated rings. The Kier molecular flexibility index (Phi) is 48.0. The van der Waals surface area contributed by atoms with Gasteiger partial charge >= 0.3 is 5.97 Å². The maximum atomic E-state index is 13.3. The molecule has 11 nitrogen and oxygen atoms in total. The Balaban J connectivity index is 2.69. The standard InChI is InChI=1S/C64H111NO10/c1-4-7-10-13-16-19-22-25-26-27-28-29-30-31-32-34-37-40-43-46-49-52-59(69)75-62-61(71)60(70)58(53-66)74-64(62)73-54-55(56(67)50-47-44-41-38-36-33-23-20-17-14-11-8-5-2)65-63(72)57(68)51-48-45-42-39-35-24-21-18-15-12-9-6-3/h9,12,15,18,21,24-26,35,39,42,45,47,50,55-58,60-62,64,66-68,70-71H,4-8,10-11,13-14,16-17,19-20,22-23,27-34,36-38,40-41,43-44,46,48-49,51-54H2,1-3H3,(H,65,72)/b12-9+,18-15+,24-21-,26-25+,39-35-,45-42+,50-47+. The molecule has 8 unspecified atom stereocenters. The summed E-state index contributed by atoms with van der Waals surface area (Å²) in [5.41, 5.74) is 0. The van der Waals surface area contributed by atoms with Crippen LogP contribution in [0, 0.1) is 0 Å². The van der Waals surface area contributed by atoms with E-state index in [0.29, 0.717) is 12.8 Å². The van der Waals surface area contributed by atoms with Gasteiger partial charge in [-0.15, -0.1) is 0 Å². The first-order valence-electron chi connectivity index (χ1n) is 30.4. The van der Waals surface area contributed by atoms with Crippen LogP contribution in [0.3, 0.4) is 0 Å². The van der Waals surface area contributed by atoms with Gasteiger partial charge in [0.25, 0.3) is 0 Å². The second-order valence-electron chi connectivity index (χ2n) is 20.8. The molecule has 1 amide bonds. The zero-order chi connectivity index (χ0) is 54.7. The van der Waals surface area contributed by atoms with E-state index in [2.05, 4.69) is 44.3 Å². The summed E-state index contributed by atoms with van der Waals surface area (Å²) in [6.45, 7) is 5.59. The molecule has 1 aliphatic rings. The molecule has 8 atom stereocenters. The van der Waals surface area contributed by atoms with Crippen molar-refractivity contribution in [2.24, 2.45) is 0 Å². The van der Waals surface area contributed by atoms with Crippen LogP contribution in [0.1, 0.15) is 245 Å². The second kappa shape index (κ2) is 51.6. The molecule has 0 saturated carbocycles. The summed E-state index contributed by atoms with van der Waals surface area (Å²) in [5, 5.41) is 56.8. The highest BCUT2D eigenvalue weighted by atomic mass is 16.7. The smallest absolute Gasteiger partial charge is 0.306 e. The van der Waals surface area contributed by atoms with Crippen LogP contribution < -0.4 is 5.32 Å². The molecule has 1 saturated heterocycles. The number of unbranched alkanes of at least 4 members (excludes halogenated alkanes) is 28. The molecule has 75 heavy (non-hydrogen) atoms. The molecular weight excluding hydrogens is 943 g/mol. The number of aliphatic hydroxyl groups is 5. The summed E-state index contributed by atoms with van der Waals surface area (Å²) in [6, 6.07) is -1.06. The van der Waals surface area contributed by atoms with Crippen LogP contribution in [0.25, 0.3) is 0 Å². The maximum absolute atomic E-state index is 13.3. The number of carbonyl (C=O) groups is 2. The van der Waals surface area contributed by atoms with Gasteiger partial charge in [0.2, 0.25) is 5.91 Å². The van der Waals surface area contributed by atoms with E-state index in [1.807, 2.05) is 60.8 Å². The van der Waals surface area contributed by atoms with E-state index < -0.39 is 67.4 Å². The van der Waals surface area contributed by atoms with Gasteiger partial charge < -0.3 is 45.1 Å². The number of amides is 1. The van der Waals surface area contributed by atoms with E-state index in [4.69, 9.17) is 14.2 Å². The number of esters is 1. The molecule has 6 N–H and O–H groups in total. The first kappa shape index (κ1) is 69.9. The maximum Gasteiger partial charge on any atom is 0.306 e. The minimum Gasteiger partial charge on any atom is -0.454 e. The largest absolute Gasteiger partial charge is 0.454 e. The number of allylic oxidation sites excluding steroid dienone is 13. The summed E-state index contributed by atoms with van der Waals surface area (Å²) in [7, 11) is 0. The van der Waals surface area contributed by atoms with Crippen molar-refractivity contribution < 1.29 is 49.3 Å². The highest BCUT2D eigenvalue weighted by molar-refractivity contribution is 5.80. The third-order valence-corrected chi connectivity index (χ3v) is 13.9. The second-order valence-corrected chi connectivity index (χ2v) is 20.8. The minimum atomic E-state index is -1.63. The van der Waals surface area contributed by atoms with Crippen LogP contribution in [0.4, 0.5) is 0 Å². The summed E-state index contributed by atoms with van der Waals surface area (Å²) in [4.78, 5) is 26.5. The molecule has 1 heterocycles. The normalized spacial score (nSPS) is 19.8. The molecule has 11 heteroatoms. The summed E-state index contributed by atoms with van der Waals surface area (Å²) in [6.07, 6.45) is 56.5. The third-order valence-electron chi connectivity index (χ3n) is 13.9. The number of ether oxygens (including phenoxy) is 3. The number of nitrogens with one attached hydrogen (secondary N) is 1.